The predicted molar refractivity (Wildman–Crippen MR) is 107 cm³/mol. The number of primary amides is 1. The fourth-order valence-electron chi connectivity index (χ4n) is 2.76. The number of carbonyl (C=O) groups is 4. The first-order valence-electron chi connectivity index (χ1n) is 9.28. The number of H-pyrrole nitrogens is 1. The van der Waals surface area contributed by atoms with Crippen LogP contribution in [0.2, 0.25) is 0 Å². The molecular formula is C19H24N6O6. The molecule has 2 aromatic rings. The van der Waals surface area contributed by atoms with Gasteiger partial charge in [-0.1, -0.05) is 12.1 Å². The van der Waals surface area contributed by atoms with Crippen LogP contribution in [-0.4, -0.2) is 62.0 Å². The molecule has 3 atom stereocenters. The van der Waals surface area contributed by atoms with E-state index in [1.54, 1.807) is 12.1 Å². The van der Waals surface area contributed by atoms with Crippen LogP contribution in [0.5, 0.6) is 5.75 Å². The molecule has 12 nitrogen and oxygen atoms in total. The van der Waals surface area contributed by atoms with Gasteiger partial charge in [0.05, 0.1) is 18.8 Å². The average Bonchev–Trinajstić information content (AvgIpc) is 3.21. The van der Waals surface area contributed by atoms with Gasteiger partial charge in [0, 0.05) is 18.3 Å². The number of aliphatic carboxylic acids is 1. The van der Waals surface area contributed by atoms with Crippen molar-refractivity contribution in [1.29, 1.82) is 0 Å². The van der Waals surface area contributed by atoms with Crippen molar-refractivity contribution in [2.45, 2.75) is 37.4 Å². The number of phenolic OH excluding ortho intramolecular Hbond substituents is 1. The number of amides is 3. The Labute approximate surface area is 177 Å². The molecule has 1 heterocycles. The number of phenols is 1. The summed E-state index contributed by atoms with van der Waals surface area (Å²) >= 11 is 0. The first-order chi connectivity index (χ1) is 14.7. The van der Waals surface area contributed by atoms with E-state index in [9.17, 15) is 29.4 Å². The molecule has 0 aliphatic carbocycles. The number of nitrogens with zero attached hydrogens (tertiary/aromatic N) is 1. The van der Waals surface area contributed by atoms with Crippen molar-refractivity contribution < 1.29 is 29.4 Å². The molecule has 0 fully saturated rings. The van der Waals surface area contributed by atoms with E-state index in [-0.39, 0.29) is 18.6 Å². The summed E-state index contributed by atoms with van der Waals surface area (Å²) in [5, 5.41) is 23.3. The van der Waals surface area contributed by atoms with Crippen molar-refractivity contribution >= 4 is 23.7 Å². The monoisotopic (exact) mass is 432 g/mol. The third-order valence-corrected chi connectivity index (χ3v) is 4.36. The highest BCUT2D eigenvalue weighted by atomic mass is 16.4. The van der Waals surface area contributed by atoms with Gasteiger partial charge in [-0.3, -0.25) is 14.4 Å². The van der Waals surface area contributed by atoms with Crippen LogP contribution >= 0.6 is 0 Å². The smallest absolute Gasteiger partial charge is 0.326 e. The Bertz CT molecular complexity index is 914. The Morgan fingerprint density at radius 2 is 1.68 bits per heavy atom. The molecule has 166 valence electrons. The zero-order chi connectivity index (χ0) is 23.0. The number of nitrogens with one attached hydrogen (secondary N) is 3. The molecule has 3 unspecified atom stereocenters. The lowest BCUT2D eigenvalue weighted by molar-refractivity contribution is -0.142. The molecule has 1 aromatic carbocycles. The van der Waals surface area contributed by atoms with Crippen LogP contribution in [-0.2, 0) is 32.0 Å². The van der Waals surface area contributed by atoms with E-state index in [0.717, 1.165) is 0 Å². The van der Waals surface area contributed by atoms with Gasteiger partial charge in [-0.2, -0.15) is 0 Å². The van der Waals surface area contributed by atoms with Crippen molar-refractivity contribution in [3.63, 3.8) is 0 Å². The molecule has 12 heteroatoms. The second-order valence-electron chi connectivity index (χ2n) is 6.89. The van der Waals surface area contributed by atoms with Gasteiger partial charge >= 0.3 is 5.97 Å². The van der Waals surface area contributed by atoms with E-state index in [1.165, 1.54) is 24.7 Å². The average molecular weight is 432 g/mol. The van der Waals surface area contributed by atoms with Crippen molar-refractivity contribution in [2.24, 2.45) is 11.5 Å². The minimum atomic E-state index is -1.40. The van der Waals surface area contributed by atoms with Crippen LogP contribution in [0.1, 0.15) is 17.7 Å². The zero-order valence-electron chi connectivity index (χ0n) is 16.4. The quantitative estimate of drug-likeness (QED) is 0.214. The first-order valence-corrected chi connectivity index (χ1v) is 9.28. The largest absolute Gasteiger partial charge is 0.508 e. The molecule has 0 saturated carbocycles. The van der Waals surface area contributed by atoms with Gasteiger partial charge in [0.2, 0.25) is 17.7 Å². The summed E-state index contributed by atoms with van der Waals surface area (Å²) in [5.41, 5.74) is 12.2. The number of benzene rings is 1. The number of aromatic amines is 1. The second kappa shape index (κ2) is 10.7. The molecular weight excluding hydrogens is 408 g/mol. The molecule has 0 aliphatic rings. The lowest BCUT2D eigenvalue weighted by atomic mass is 10.0. The van der Waals surface area contributed by atoms with E-state index in [2.05, 4.69) is 20.6 Å². The fourth-order valence-corrected chi connectivity index (χ4v) is 2.76. The zero-order valence-corrected chi connectivity index (χ0v) is 16.4. The summed E-state index contributed by atoms with van der Waals surface area (Å²) in [4.78, 5) is 54.4. The minimum absolute atomic E-state index is 0.0584. The summed E-state index contributed by atoms with van der Waals surface area (Å²) < 4.78 is 0. The molecule has 3 amide bonds. The molecule has 2 rings (SSSR count). The standard InChI is InChI=1S/C19H24N6O6/c20-13(5-10-1-3-12(26)4-2-10)17(28)24-14(7-16(21)27)18(29)25-15(19(30)31)6-11-8-22-9-23-11/h1-4,8-9,13-15,26H,5-7,20H2,(H2,21,27)(H,22,23)(H,24,28)(H,25,29)(H,30,31). The van der Waals surface area contributed by atoms with Crippen molar-refractivity contribution in [1.82, 2.24) is 20.6 Å². The van der Waals surface area contributed by atoms with Gasteiger partial charge in [-0.25, -0.2) is 9.78 Å². The Balaban J connectivity index is 2.03. The van der Waals surface area contributed by atoms with Gasteiger partial charge in [-0.15, -0.1) is 0 Å². The lowest BCUT2D eigenvalue weighted by Crippen LogP contribution is -2.56. The van der Waals surface area contributed by atoms with E-state index < -0.39 is 48.2 Å². The van der Waals surface area contributed by atoms with Gasteiger partial charge in [0.1, 0.15) is 17.8 Å². The number of aromatic nitrogens is 2. The van der Waals surface area contributed by atoms with Crippen LogP contribution < -0.4 is 22.1 Å². The molecule has 9 N–H and O–H groups in total. The number of carboxylic acid groups (broad SMARTS) is 1. The maximum absolute atomic E-state index is 12.6. The maximum atomic E-state index is 12.6. The summed E-state index contributed by atoms with van der Waals surface area (Å²) in [6.07, 6.45) is 2.25. The SMILES string of the molecule is NC(=O)CC(NC(=O)C(N)Cc1ccc(O)cc1)C(=O)NC(Cc1cnc[nH]1)C(=O)O. The third-order valence-electron chi connectivity index (χ3n) is 4.36. The molecule has 0 radical (unpaired) electrons. The molecule has 31 heavy (non-hydrogen) atoms. The van der Waals surface area contributed by atoms with Crippen LogP contribution in [0.15, 0.2) is 36.8 Å². The summed E-state index contributed by atoms with van der Waals surface area (Å²) in [5.74, 6) is -3.74. The molecule has 0 spiro atoms. The number of hydrogen-bond acceptors (Lipinski definition) is 7. The second-order valence-corrected chi connectivity index (χ2v) is 6.89. The van der Waals surface area contributed by atoms with Gasteiger partial charge < -0.3 is 37.3 Å². The summed E-state index contributed by atoms with van der Waals surface area (Å²) in [7, 11) is 0. The number of carbonyl (C=O) groups excluding carboxylic acids is 3. The van der Waals surface area contributed by atoms with E-state index in [0.29, 0.717) is 11.3 Å². The van der Waals surface area contributed by atoms with Crippen LogP contribution in [0.25, 0.3) is 0 Å². The number of imidazole rings is 1. The van der Waals surface area contributed by atoms with Crippen LogP contribution in [0.4, 0.5) is 0 Å². The molecule has 0 bridgehead atoms. The predicted octanol–water partition coefficient (Wildman–Crippen LogP) is -1.84. The van der Waals surface area contributed by atoms with Gasteiger partial charge in [-0.05, 0) is 24.1 Å². The topological polar surface area (TPSA) is 214 Å². The highest BCUT2D eigenvalue weighted by Gasteiger charge is 2.29. The number of nitrogens with two attached hydrogens (primary N) is 2. The number of aromatic hydroxyl groups is 1. The number of rotatable bonds is 11. The molecule has 0 aliphatic heterocycles. The first kappa shape index (κ1) is 23.3. The maximum Gasteiger partial charge on any atom is 0.326 e. The fraction of sp³-hybridized carbons (Fsp3) is 0.316. The Morgan fingerprint density at radius 3 is 2.23 bits per heavy atom. The van der Waals surface area contributed by atoms with Crippen LogP contribution in [0.3, 0.4) is 0 Å². The van der Waals surface area contributed by atoms with E-state index >= 15 is 0 Å². The Morgan fingerprint density at radius 1 is 1.03 bits per heavy atom. The Hall–Kier alpha value is -3.93. The number of carboxylic acids is 1. The van der Waals surface area contributed by atoms with Crippen molar-refractivity contribution in [3.05, 3.63) is 48.0 Å². The minimum Gasteiger partial charge on any atom is -0.508 e. The van der Waals surface area contributed by atoms with Gasteiger partial charge in [0.15, 0.2) is 0 Å². The highest BCUT2D eigenvalue weighted by molar-refractivity contribution is 5.94. The number of hydrogen-bond donors (Lipinski definition) is 7. The lowest BCUT2D eigenvalue weighted by Gasteiger charge is -2.22. The van der Waals surface area contributed by atoms with E-state index in [4.69, 9.17) is 11.5 Å². The van der Waals surface area contributed by atoms with E-state index in [1.807, 2.05) is 0 Å². The Kier molecular flexibility index (Phi) is 8.09. The summed E-state index contributed by atoms with van der Waals surface area (Å²) in [6.45, 7) is 0. The molecule has 0 saturated heterocycles. The molecule has 1 aromatic heterocycles. The summed E-state index contributed by atoms with van der Waals surface area (Å²) in [6, 6.07) is 2.26. The van der Waals surface area contributed by atoms with Crippen LogP contribution in [0, 0.1) is 0 Å². The normalized spacial score (nSPS) is 13.6. The third kappa shape index (κ3) is 7.44. The van der Waals surface area contributed by atoms with Crippen molar-refractivity contribution in [2.75, 3.05) is 0 Å². The highest BCUT2D eigenvalue weighted by Crippen LogP contribution is 2.11. The van der Waals surface area contributed by atoms with Gasteiger partial charge in [0.25, 0.3) is 0 Å². The van der Waals surface area contributed by atoms with Crippen molar-refractivity contribution in [3.8, 4) is 5.75 Å².